The molecule has 2 aliphatic heterocycles. The van der Waals surface area contributed by atoms with Crippen LogP contribution in [-0.2, 0) is 9.47 Å². The lowest BCUT2D eigenvalue weighted by atomic mass is 9.97. The van der Waals surface area contributed by atoms with Gasteiger partial charge in [0.2, 0.25) is 0 Å². The molecule has 0 saturated carbocycles. The van der Waals surface area contributed by atoms with Crippen LogP contribution in [0, 0.1) is 5.92 Å². The van der Waals surface area contributed by atoms with Crippen molar-refractivity contribution in [1.29, 1.82) is 0 Å². The van der Waals surface area contributed by atoms with Gasteiger partial charge in [-0.25, -0.2) is 0 Å². The Hall–Kier alpha value is -0.900. The Morgan fingerprint density at radius 2 is 1.96 bits per heavy atom. The lowest BCUT2D eigenvalue weighted by Crippen LogP contribution is -2.38. The van der Waals surface area contributed by atoms with Gasteiger partial charge in [-0.2, -0.15) is 0 Å². The Kier molecular flexibility index (Phi) is 6.49. The first kappa shape index (κ1) is 16.9. The van der Waals surface area contributed by atoms with Gasteiger partial charge in [0.05, 0.1) is 19.3 Å². The fraction of sp³-hybridized carbons (Fsp3) is 0.700. The predicted octanol–water partition coefficient (Wildman–Crippen LogP) is 3.70. The number of ether oxygens (including phenoxy) is 2. The molecule has 2 fully saturated rings. The normalized spacial score (nSPS) is 24.8. The smallest absolute Gasteiger partial charge is 0.0599 e. The third kappa shape index (κ3) is 5.30. The van der Waals surface area contributed by atoms with Crippen molar-refractivity contribution in [2.24, 2.45) is 5.92 Å². The minimum absolute atomic E-state index is 0.471. The number of hydrogen-bond acceptors (Lipinski definition) is 3. The number of nitrogens with zero attached hydrogens (tertiary/aromatic N) is 1. The monoisotopic (exact) mass is 317 g/mol. The van der Waals surface area contributed by atoms with Crippen LogP contribution in [0.1, 0.15) is 44.1 Å². The summed E-state index contributed by atoms with van der Waals surface area (Å²) >= 11 is 0. The zero-order chi connectivity index (χ0) is 15.9. The standard InChI is InChI=1S/C20H31NO2/c1-17(19-5-3-2-4-6-19)7-11-21-12-8-20(9-13-21)23-16-18-10-14-22-15-18/h2-6,17-18,20H,7-16H2,1H3/t17-,18+/m0/s1. The van der Waals surface area contributed by atoms with Crippen LogP contribution in [0.2, 0.25) is 0 Å². The summed E-state index contributed by atoms with van der Waals surface area (Å²) in [6.45, 7) is 8.65. The number of benzene rings is 1. The molecule has 0 spiro atoms. The Morgan fingerprint density at radius 1 is 1.17 bits per heavy atom. The Labute approximate surface area is 141 Å². The summed E-state index contributed by atoms with van der Waals surface area (Å²) in [6.07, 6.45) is 5.27. The molecule has 2 aliphatic rings. The van der Waals surface area contributed by atoms with Crippen molar-refractivity contribution in [2.75, 3.05) is 39.5 Å². The largest absolute Gasteiger partial charge is 0.381 e. The molecule has 1 aromatic carbocycles. The van der Waals surface area contributed by atoms with Crippen molar-refractivity contribution < 1.29 is 9.47 Å². The van der Waals surface area contributed by atoms with E-state index in [-0.39, 0.29) is 0 Å². The molecule has 2 atom stereocenters. The molecule has 0 bridgehead atoms. The van der Waals surface area contributed by atoms with Gasteiger partial charge in [-0.15, -0.1) is 0 Å². The molecule has 3 nitrogen and oxygen atoms in total. The van der Waals surface area contributed by atoms with Crippen LogP contribution >= 0.6 is 0 Å². The maximum atomic E-state index is 6.10. The Morgan fingerprint density at radius 3 is 2.65 bits per heavy atom. The molecule has 0 radical (unpaired) electrons. The second-order valence-electron chi connectivity index (χ2n) is 7.20. The molecule has 2 saturated heterocycles. The summed E-state index contributed by atoms with van der Waals surface area (Å²) in [7, 11) is 0. The first-order chi connectivity index (χ1) is 11.3. The van der Waals surface area contributed by atoms with E-state index in [2.05, 4.69) is 42.2 Å². The molecule has 128 valence electrons. The third-order valence-corrected chi connectivity index (χ3v) is 5.37. The molecule has 3 heteroatoms. The van der Waals surface area contributed by atoms with E-state index < -0.39 is 0 Å². The first-order valence-corrected chi connectivity index (χ1v) is 9.28. The molecule has 0 N–H and O–H groups in total. The fourth-order valence-corrected chi connectivity index (χ4v) is 3.61. The van der Waals surface area contributed by atoms with Crippen LogP contribution in [0.3, 0.4) is 0 Å². The average Bonchev–Trinajstić information content (AvgIpc) is 3.13. The van der Waals surface area contributed by atoms with E-state index in [0.717, 1.165) is 19.8 Å². The fourth-order valence-electron chi connectivity index (χ4n) is 3.61. The number of piperidine rings is 1. The summed E-state index contributed by atoms with van der Waals surface area (Å²) in [4.78, 5) is 2.61. The highest BCUT2D eigenvalue weighted by Crippen LogP contribution is 2.22. The average molecular weight is 317 g/mol. The molecular weight excluding hydrogens is 286 g/mol. The maximum Gasteiger partial charge on any atom is 0.0599 e. The van der Waals surface area contributed by atoms with Crippen molar-refractivity contribution in [3.05, 3.63) is 35.9 Å². The van der Waals surface area contributed by atoms with Crippen LogP contribution in [0.15, 0.2) is 30.3 Å². The molecule has 0 aromatic heterocycles. The van der Waals surface area contributed by atoms with E-state index in [9.17, 15) is 0 Å². The van der Waals surface area contributed by atoms with Gasteiger partial charge in [-0.3, -0.25) is 0 Å². The van der Waals surface area contributed by atoms with Crippen LogP contribution in [0.25, 0.3) is 0 Å². The molecule has 0 aliphatic carbocycles. The Bertz CT molecular complexity index is 436. The van der Waals surface area contributed by atoms with Crippen LogP contribution < -0.4 is 0 Å². The van der Waals surface area contributed by atoms with Crippen molar-refractivity contribution in [3.8, 4) is 0 Å². The van der Waals surface area contributed by atoms with E-state index in [1.54, 1.807) is 0 Å². The predicted molar refractivity (Wildman–Crippen MR) is 93.8 cm³/mol. The lowest BCUT2D eigenvalue weighted by Gasteiger charge is -2.33. The first-order valence-electron chi connectivity index (χ1n) is 9.28. The summed E-state index contributed by atoms with van der Waals surface area (Å²) in [6, 6.07) is 10.9. The highest BCUT2D eigenvalue weighted by Gasteiger charge is 2.22. The van der Waals surface area contributed by atoms with E-state index >= 15 is 0 Å². The maximum absolute atomic E-state index is 6.10. The molecule has 3 rings (SSSR count). The third-order valence-electron chi connectivity index (χ3n) is 5.37. The van der Waals surface area contributed by atoms with Gasteiger partial charge in [0.1, 0.15) is 0 Å². The van der Waals surface area contributed by atoms with Crippen LogP contribution in [0.4, 0.5) is 0 Å². The lowest BCUT2D eigenvalue weighted by molar-refractivity contribution is -0.0106. The quantitative estimate of drug-likeness (QED) is 0.765. The van der Waals surface area contributed by atoms with E-state index in [4.69, 9.17) is 9.47 Å². The molecule has 23 heavy (non-hydrogen) atoms. The van der Waals surface area contributed by atoms with Gasteiger partial charge in [0, 0.05) is 25.6 Å². The van der Waals surface area contributed by atoms with Crippen LogP contribution in [0.5, 0.6) is 0 Å². The molecule has 2 heterocycles. The van der Waals surface area contributed by atoms with Gasteiger partial charge in [-0.05, 0) is 43.7 Å². The summed E-state index contributed by atoms with van der Waals surface area (Å²) < 4.78 is 11.5. The SMILES string of the molecule is C[C@@H](CCN1CCC(OC[C@@H]2CCOC2)CC1)c1ccccc1. The van der Waals surface area contributed by atoms with Crippen molar-refractivity contribution in [1.82, 2.24) is 4.90 Å². The zero-order valence-corrected chi connectivity index (χ0v) is 14.5. The van der Waals surface area contributed by atoms with Gasteiger partial charge >= 0.3 is 0 Å². The molecule has 0 amide bonds. The van der Waals surface area contributed by atoms with E-state index in [1.165, 1.54) is 50.9 Å². The van der Waals surface area contributed by atoms with E-state index in [1.807, 2.05) is 0 Å². The topological polar surface area (TPSA) is 21.7 Å². The van der Waals surface area contributed by atoms with Gasteiger partial charge < -0.3 is 14.4 Å². The highest BCUT2D eigenvalue weighted by molar-refractivity contribution is 5.18. The van der Waals surface area contributed by atoms with Gasteiger partial charge in [-0.1, -0.05) is 37.3 Å². The van der Waals surface area contributed by atoms with Crippen molar-refractivity contribution in [2.45, 2.75) is 44.6 Å². The Balaban J connectivity index is 1.31. The second kappa shape index (κ2) is 8.81. The van der Waals surface area contributed by atoms with E-state index in [0.29, 0.717) is 17.9 Å². The highest BCUT2D eigenvalue weighted by atomic mass is 16.5. The molecular formula is C20H31NO2. The van der Waals surface area contributed by atoms with Crippen LogP contribution in [-0.4, -0.2) is 50.5 Å². The summed E-state index contributed by atoms with van der Waals surface area (Å²) in [5.74, 6) is 1.28. The molecule has 0 unspecified atom stereocenters. The number of rotatable bonds is 7. The summed E-state index contributed by atoms with van der Waals surface area (Å²) in [5, 5.41) is 0. The summed E-state index contributed by atoms with van der Waals surface area (Å²) in [5.41, 5.74) is 1.46. The minimum Gasteiger partial charge on any atom is -0.381 e. The molecule has 1 aromatic rings. The van der Waals surface area contributed by atoms with Gasteiger partial charge in [0.15, 0.2) is 0 Å². The number of hydrogen-bond donors (Lipinski definition) is 0. The van der Waals surface area contributed by atoms with Crippen molar-refractivity contribution in [3.63, 3.8) is 0 Å². The van der Waals surface area contributed by atoms with Gasteiger partial charge in [0.25, 0.3) is 0 Å². The minimum atomic E-state index is 0.471. The number of likely N-dealkylation sites (tertiary alicyclic amines) is 1. The zero-order valence-electron chi connectivity index (χ0n) is 14.5. The van der Waals surface area contributed by atoms with Crippen molar-refractivity contribution >= 4 is 0 Å². The second-order valence-corrected chi connectivity index (χ2v) is 7.20.